The predicted octanol–water partition coefficient (Wildman–Crippen LogP) is -0.806. The van der Waals surface area contributed by atoms with Gasteiger partial charge in [0.25, 0.3) is 0 Å². The molecule has 0 heterocycles. The van der Waals surface area contributed by atoms with Gasteiger partial charge in [0, 0.05) is 0 Å². The molecule has 0 aromatic carbocycles. The Morgan fingerprint density at radius 2 is 1.00 bits per heavy atom. The number of halogens is 1. The molecule has 0 spiro atoms. The van der Waals surface area contributed by atoms with Crippen molar-refractivity contribution >= 4 is 14.2 Å². The zero-order valence-electron chi connectivity index (χ0n) is 1.71. The van der Waals surface area contributed by atoms with Gasteiger partial charge in [0.05, 0.1) is 0 Å². The van der Waals surface area contributed by atoms with Crippen LogP contribution < -0.4 is 0 Å². The third kappa shape index (κ3) is 12.9. The average Bonchev–Trinajstić information content (AvgIpc) is 1.00. The summed E-state index contributed by atoms with van der Waals surface area (Å²) in [5.41, 5.74) is 0. The molecular formula is H4BrCoO2. The van der Waals surface area contributed by atoms with Crippen molar-refractivity contribution in [1.82, 2.24) is 0 Å². The molecule has 0 radical (unpaired) electrons. The first-order chi connectivity index (χ1) is 1.00. The van der Waals surface area contributed by atoms with E-state index in [4.69, 9.17) is 0 Å². The van der Waals surface area contributed by atoms with Crippen LogP contribution in [0.4, 0.5) is 0 Å². The van der Waals surface area contributed by atoms with Crippen LogP contribution in [-0.4, -0.2) is 11.0 Å². The van der Waals surface area contributed by atoms with E-state index >= 15 is 0 Å². The first kappa shape index (κ1) is 20.6. The summed E-state index contributed by atoms with van der Waals surface area (Å²) in [5.74, 6) is 0. The van der Waals surface area contributed by atoms with Gasteiger partial charge in [0.2, 0.25) is 0 Å². The Balaban J connectivity index is -0.00000000500. The second kappa shape index (κ2) is 40.2. The Morgan fingerprint density at radius 1 is 1.00 bits per heavy atom. The van der Waals surface area contributed by atoms with Gasteiger partial charge in [-0.3, -0.25) is 0 Å². The molecule has 4 N–H and O–H groups in total. The van der Waals surface area contributed by atoms with E-state index in [9.17, 15) is 0 Å². The molecule has 0 fully saturated rings. The van der Waals surface area contributed by atoms with Crippen molar-refractivity contribution in [3.05, 3.63) is 0 Å². The molecule has 0 unspecified atom stereocenters. The molecular weight excluding hydrogens is 171 g/mol. The SMILES string of the molecule is O.O.[Co][Br]. The number of hydrogen-bond donors (Lipinski definition) is 0. The van der Waals surface area contributed by atoms with Gasteiger partial charge in [-0.15, -0.1) is 0 Å². The molecule has 0 bridgehead atoms. The molecule has 0 aliphatic rings. The van der Waals surface area contributed by atoms with E-state index in [-0.39, 0.29) is 11.0 Å². The van der Waals surface area contributed by atoms with E-state index in [0.29, 0.717) is 0 Å². The van der Waals surface area contributed by atoms with E-state index in [2.05, 4.69) is 28.1 Å². The Labute approximate surface area is 39.5 Å². The molecule has 0 aliphatic heterocycles. The van der Waals surface area contributed by atoms with Crippen molar-refractivity contribution < 1.29 is 24.9 Å². The zero-order chi connectivity index (χ0) is 2.00. The molecule has 0 aromatic rings. The molecule has 0 atom stereocenters. The summed E-state index contributed by atoms with van der Waals surface area (Å²) >= 11 is 6.00. The normalized spacial score (nSPS) is 1.75. The van der Waals surface area contributed by atoms with Crippen LogP contribution in [0, 0.1) is 0 Å². The Hall–Kier alpha value is 0.906. The summed E-state index contributed by atoms with van der Waals surface area (Å²) in [7, 11) is 0. The summed E-state index contributed by atoms with van der Waals surface area (Å²) in [6.45, 7) is 0. The van der Waals surface area contributed by atoms with E-state index in [1.165, 1.54) is 0 Å². The van der Waals surface area contributed by atoms with Gasteiger partial charge in [-0.2, -0.15) is 0 Å². The maximum atomic E-state index is 3.38. The molecule has 0 saturated heterocycles. The van der Waals surface area contributed by atoms with Crippen molar-refractivity contribution in [2.24, 2.45) is 0 Å². The van der Waals surface area contributed by atoms with Crippen molar-refractivity contribution in [3.63, 3.8) is 0 Å². The van der Waals surface area contributed by atoms with Gasteiger partial charge in [-0.25, -0.2) is 0 Å². The molecule has 4 heteroatoms. The first-order valence-corrected chi connectivity index (χ1v) is 2.70. The molecule has 4 heavy (non-hydrogen) atoms. The van der Waals surface area contributed by atoms with Gasteiger partial charge in [-0.1, -0.05) is 0 Å². The van der Waals surface area contributed by atoms with Gasteiger partial charge >= 0.3 is 28.1 Å². The van der Waals surface area contributed by atoms with Crippen LogP contribution in [0.5, 0.6) is 0 Å². The minimum atomic E-state index is 0. The topological polar surface area (TPSA) is 63.0 Å². The van der Waals surface area contributed by atoms with Crippen LogP contribution in [-0.2, 0) is 13.9 Å². The second-order valence-corrected chi connectivity index (χ2v) is 0. The Morgan fingerprint density at radius 3 is 1.00 bits per heavy atom. The fraction of sp³-hybridized carbons (Fsp3) is 0. The van der Waals surface area contributed by atoms with Crippen molar-refractivity contribution in [1.29, 1.82) is 0 Å². The van der Waals surface area contributed by atoms with Crippen LogP contribution >= 0.6 is 14.2 Å². The van der Waals surface area contributed by atoms with Crippen LogP contribution in [0.1, 0.15) is 0 Å². The molecule has 0 amide bonds. The summed E-state index contributed by atoms with van der Waals surface area (Å²) in [4.78, 5) is 0. The monoisotopic (exact) mass is 174 g/mol. The molecule has 0 aliphatic carbocycles. The van der Waals surface area contributed by atoms with Crippen molar-refractivity contribution in [2.75, 3.05) is 0 Å². The summed E-state index contributed by atoms with van der Waals surface area (Å²) in [5, 5.41) is 0. The predicted molar refractivity (Wildman–Crippen MR) is 16.2 cm³/mol. The van der Waals surface area contributed by atoms with Crippen molar-refractivity contribution in [2.45, 2.75) is 0 Å². The van der Waals surface area contributed by atoms with Gasteiger partial charge < -0.3 is 11.0 Å². The van der Waals surface area contributed by atoms with Crippen LogP contribution in [0.2, 0.25) is 0 Å². The fourth-order valence-electron chi connectivity index (χ4n) is 0. The van der Waals surface area contributed by atoms with Gasteiger partial charge in [0.15, 0.2) is 0 Å². The number of hydrogen-bond acceptors (Lipinski definition) is 0. The Bertz CT molecular complexity index is 6.00. The van der Waals surface area contributed by atoms with E-state index in [0.717, 1.165) is 0 Å². The Kier molecular flexibility index (Phi) is 207. The quantitative estimate of drug-likeness (QED) is 0.462. The molecule has 2 nitrogen and oxygen atoms in total. The summed E-state index contributed by atoms with van der Waals surface area (Å²) in [6.07, 6.45) is 0. The van der Waals surface area contributed by atoms with Crippen LogP contribution in [0.25, 0.3) is 0 Å². The third-order valence-corrected chi connectivity index (χ3v) is 0. The maximum absolute atomic E-state index is 3.38. The minimum absolute atomic E-state index is 0. The zero-order valence-corrected chi connectivity index (χ0v) is 4.34. The van der Waals surface area contributed by atoms with Crippen molar-refractivity contribution in [3.8, 4) is 0 Å². The van der Waals surface area contributed by atoms with E-state index < -0.39 is 0 Å². The summed E-state index contributed by atoms with van der Waals surface area (Å²) < 4.78 is 0. The van der Waals surface area contributed by atoms with E-state index in [1.807, 2.05) is 0 Å². The number of rotatable bonds is 0. The first-order valence-electron chi connectivity index (χ1n) is 0.126. The van der Waals surface area contributed by atoms with E-state index in [1.54, 1.807) is 0 Å². The summed E-state index contributed by atoms with van der Waals surface area (Å²) in [6, 6.07) is 0. The van der Waals surface area contributed by atoms with Crippen LogP contribution in [0.15, 0.2) is 0 Å². The van der Waals surface area contributed by atoms with Gasteiger partial charge in [0.1, 0.15) is 0 Å². The van der Waals surface area contributed by atoms with Gasteiger partial charge in [-0.05, 0) is 0 Å². The molecule has 0 rings (SSSR count). The average molecular weight is 175 g/mol. The standard InChI is InChI=1S/BrH.Co.2H2O/h1H;;2*1H2/q;+1;;/p-1. The van der Waals surface area contributed by atoms with Crippen LogP contribution in [0.3, 0.4) is 0 Å². The third-order valence-electron chi connectivity index (χ3n) is 0. The molecule has 32 valence electrons. The molecule has 0 aromatic heterocycles. The second-order valence-electron chi connectivity index (χ2n) is 0. The fourth-order valence-corrected chi connectivity index (χ4v) is 0. The molecule has 0 saturated carbocycles.